The monoisotopic (exact) mass is 348 g/mol. The largest absolute Gasteiger partial charge is 0.465 e. The quantitative estimate of drug-likeness (QED) is 0.516. The van der Waals surface area contributed by atoms with E-state index < -0.39 is 19.2 Å². The van der Waals surface area contributed by atoms with Crippen LogP contribution in [0.5, 0.6) is 0 Å². The van der Waals surface area contributed by atoms with Gasteiger partial charge in [0.1, 0.15) is 0 Å². The van der Waals surface area contributed by atoms with Crippen molar-refractivity contribution in [2.45, 2.75) is 19.5 Å². The van der Waals surface area contributed by atoms with Crippen LogP contribution in [0.1, 0.15) is 29.8 Å². The Bertz CT molecular complexity index is 588. The Labute approximate surface area is 133 Å². The number of allylic oxidation sites excluding steroid dienone is 1. The molecule has 0 heterocycles. The number of carbonyl (C=O) groups is 1. The predicted octanol–water partition coefficient (Wildman–Crippen LogP) is 4.35. The van der Waals surface area contributed by atoms with Crippen LogP contribution in [0.3, 0.4) is 0 Å². The number of benzene rings is 1. The van der Waals surface area contributed by atoms with Crippen molar-refractivity contribution in [2.75, 3.05) is 20.3 Å². The van der Waals surface area contributed by atoms with Gasteiger partial charge in [-0.25, -0.2) is 4.79 Å². The van der Waals surface area contributed by atoms with E-state index in [1.165, 1.54) is 45.2 Å². The van der Waals surface area contributed by atoms with E-state index in [9.17, 15) is 18.1 Å². The highest BCUT2D eigenvalue weighted by atomic mass is 31.2. The topological polar surface area (TPSA) is 61.8 Å². The summed E-state index contributed by atoms with van der Waals surface area (Å²) in [4.78, 5) is 11.3. The highest BCUT2D eigenvalue weighted by Gasteiger charge is 2.51. The number of methoxy groups -OCH3 is 1. The Morgan fingerprint density at radius 2 is 1.70 bits per heavy atom. The Morgan fingerprint density at radius 3 is 2.13 bits per heavy atom. The van der Waals surface area contributed by atoms with Crippen molar-refractivity contribution in [3.8, 4) is 0 Å². The number of alkyl halides is 2. The second-order valence-electron chi connectivity index (χ2n) is 4.37. The van der Waals surface area contributed by atoms with Crippen LogP contribution in [0.25, 0.3) is 6.08 Å². The molecule has 1 aromatic carbocycles. The molecule has 0 aliphatic rings. The first-order valence-corrected chi connectivity index (χ1v) is 8.48. The first-order chi connectivity index (χ1) is 10.8. The van der Waals surface area contributed by atoms with Crippen LogP contribution in [0.4, 0.5) is 8.78 Å². The summed E-state index contributed by atoms with van der Waals surface area (Å²) in [7, 11) is -3.34. The van der Waals surface area contributed by atoms with Gasteiger partial charge in [-0.05, 0) is 37.6 Å². The SMILES string of the molecule is CCOP(=O)(OCC)C(F)(F)/C=C/c1ccc(C(=O)OC)cc1. The average molecular weight is 348 g/mol. The molecule has 0 bridgehead atoms. The fraction of sp³-hybridized carbons (Fsp3) is 0.400. The molecule has 0 fully saturated rings. The van der Waals surface area contributed by atoms with Gasteiger partial charge >= 0.3 is 19.2 Å². The first-order valence-electron chi connectivity index (χ1n) is 6.94. The summed E-state index contributed by atoms with van der Waals surface area (Å²) in [5, 5.41) is 0. The lowest BCUT2D eigenvalue weighted by molar-refractivity contribution is 0.0600. The average Bonchev–Trinajstić information content (AvgIpc) is 2.53. The van der Waals surface area contributed by atoms with Gasteiger partial charge in [-0.1, -0.05) is 18.2 Å². The van der Waals surface area contributed by atoms with E-state index in [0.717, 1.165) is 6.08 Å². The summed E-state index contributed by atoms with van der Waals surface area (Å²) in [5.74, 6) is -0.525. The first kappa shape index (κ1) is 19.5. The number of hydrogen-bond donors (Lipinski definition) is 0. The van der Waals surface area contributed by atoms with Gasteiger partial charge in [-0.3, -0.25) is 4.57 Å². The molecule has 0 N–H and O–H groups in total. The van der Waals surface area contributed by atoms with Gasteiger partial charge in [0.05, 0.1) is 25.9 Å². The molecular weight excluding hydrogens is 329 g/mol. The molecule has 0 spiro atoms. The van der Waals surface area contributed by atoms with Crippen molar-refractivity contribution in [1.29, 1.82) is 0 Å². The van der Waals surface area contributed by atoms with Gasteiger partial charge in [0.2, 0.25) is 0 Å². The van der Waals surface area contributed by atoms with Crippen LogP contribution in [-0.2, 0) is 18.3 Å². The molecule has 0 saturated carbocycles. The van der Waals surface area contributed by atoms with Crippen molar-refractivity contribution in [2.24, 2.45) is 0 Å². The minimum atomic E-state index is -4.58. The summed E-state index contributed by atoms with van der Waals surface area (Å²) in [6.07, 6.45) is 1.57. The molecular formula is C15H19F2O5P. The molecule has 0 aliphatic carbocycles. The van der Waals surface area contributed by atoms with Gasteiger partial charge in [0.25, 0.3) is 0 Å². The zero-order valence-corrected chi connectivity index (χ0v) is 14.0. The van der Waals surface area contributed by atoms with Crippen LogP contribution in [0, 0.1) is 0 Å². The van der Waals surface area contributed by atoms with Crippen molar-refractivity contribution in [3.63, 3.8) is 0 Å². The third kappa shape index (κ3) is 4.96. The number of carbonyl (C=O) groups excluding carboxylic acids is 1. The van der Waals surface area contributed by atoms with E-state index in [4.69, 9.17) is 0 Å². The Balaban J connectivity index is 2.96. The summed E-state index contributed by atoms with van der Waals surface area (Å²) < 4.78 is 54.2. The molecule has 0 radical (unpaired) electrons. The maximum Gasteiger partial charge on any atom is 0.403 e. The number of rotatable bonds is 8. The second-order valence-corrected chi connectivity index (χ2v) is 6.48. The number of halogens is 2. The molecule has 8 heteroatoms. The number of hydrogen-bond acceptors (Lipinski definition) is 5. The normalized spacial score (nSPS) is 12.6. The lowest BCUT2D eigenvalue weighted by Gasteiger charge is -2.23. The van der Waals surface area contributed by atoms with Crippen LogP contribution in [0.2, 0.25) is 0 Å². The van der Waals surface area contributed by atoms with E-state index in [2.05, 4.69) is 13.8 Å². The summed E-state index contributed by atoms with van der Waals surface area (Å²) in [6, 6.07) is 5.80. The van der Waals surface area contributed by atoms with Crippen molar-refractivity contribution in [3.05, 3.63) is 41.5 Å². The van der Waals surface area contributed by atoms with Gasteiger partial charge in [-0.2, -0.15) is 8.78 Å². The van der Waals surface area contributed by atoms with E-state index in [1.54, 1.807) is 0 Å². The summed E-state index contributed by atoms with van der Waals surface area (Å²) >= 11 is 0. The lowest BCUT2D eigenvalue weighted by atomic mass is 10.1. The van der Waals surface area contributed by atoms with Crippen LogP contribution >= 0.6 is 7.60 Å². The molecule has 0 saturated heterocycles. The maximum atomic E-state index is 14.1. The Hall–Kier alpha value is -1.56. The van der Waals surface area contributed by atoms with Gasteiger partial charge in [-0.15, -0.1) is 0 Å². The van der Waals surface area contributed by atoms with Crippen molar-refractivity contribution < 1.29 is 31.9 Å². The van der Waals surface area contributed by atoms with Gasteiger partial charge in [0.15, 0.2) is 0 Å². The minimum Gasteiger partial charge on any atom is -0.465 e. The standard InChI is InChI=1S/C15H19F2O5P/c1-4-21-23(19,22-5-2)15(16,17)11-10-12-6-8-13(9-7-12)14(18)20-3/h6-11H,4-5H2,1-3H3/b11-10+. The van der Waals surface area contributed by atoms with Crippen molar-refractivity contribution in [1.82, 2.24) is 0 Å². The minimum absolute atomic E-state index is 0.158. The fourth-order valence-electron chi connectivity index (χ4n) is 1.69. The highest BCUT2D eigenvalue weighted by Crippen LogP contribution is 2.62. The molecule has 0 atom stereocenters. The summed E-state index contributed by atoms with van der Waals surface area (Å²) in [6.45, 7) is 2.59. The van der Waals surface area contributed by atoms with Crippen molar-refractivity contribution >= 4 is 19.6 Å². The molecule has 0 aromatic heterocycles. The Kier molecular flexibility index (Phi) is 7.06. The van der Waals surface area contributed by atoms with E-state index in [0.29, 0.717) is 17.2 Å². The molecule has 1 aromatic rings. The van der Waals surface area contributed by atoms with E-state index in [1.807, 2.05) is 0 Å². The predicted molar refractivity (Wildman–Crippen MR) is 82.6 cm³/mol. The number of esters is 1. The zero-order chi connectivity index (χ0) is 17.5. The maximum absolute atomic E-state index is 14.1. The molecule has 128 valence electrons. The number of ether oxygens (including phenoxy) is 1. The lowest BCUT2D eigenvalue weighted by Crippen LogP contribution is -2.17. The summed E-state index contributed by atoms with van der Waals surface area (Å²) in [5.41, 5.74) is -3.07. The molecule has 1 rings (SSSR count). The second kappa shape index (κ2) is 8.34. The van der Waals surface area contributed by atoms with E-state index >= 15 is 0 Å². The van der Waals surface area contributed by atoms with E-state index in [-0.39, 0.29) is 13.2 Å². The molecule has 0 aliphatic heterocycles. The van der Waals surface area contributed by atoms with Crippen LogP contribution in [-0.4, -0.2) is 32.0 Å². The molecule has 5 nitrogen and oxygen atoms in total. The highest BCUT2D eigenvalue weighted by molar-refractivity contribution is 7.55. The van der Waals surface area contributed by atoms with Gasteiger partial charge < -0.3 is 13.8 Å². The van der Waals surface area contributed by atoms with Crippen LogP contribution in [0.15, 0.2) is 30.3 Å². The molecule has 23 heavy (non-hydrogen) atoms. The molecule has 0 unspecified atom stereocenters. The fourth-order valence-corrected chi connectivity index (χ4v) is 3.04. The smallest absolute Gasteiger partial charge is 0.403 e. The molecule has 0 amide bonds. The zero-order valence-electron chi connectivity index (χ0n) is 13.1. The third-order valence-electron chi connectivity index (χ3n) is 2.77. The third-order valence-corrected chi connectivity index (χ3v) is 4.85. The van der Waals surface area contributed by atoms with Gasteiger partial charge in [0, 0.05) is 0 Å². The Morgan fingerprint density at radius 1 is 1.17 bits per heavy atom. The van der Waals surface area contributed by atoms with Crippen LogP contribution < -0.4 is 0 Å².